The monoisotopic (exact) mass is 388 g/mol. The molecule has 8 heteroatoms. The van der Waals surface area contributed by atoms with Crippen LogP contribution in [0.4, 0.5) is 0 Å². The van der Waals surface area contributed by atoms with Crippen LogP contribution in [0, 0.1) is 13.8 Å². The zero-order chi connectivity index (χ0) is 19.1. The van der Waals surface area contributed by atoms with Crippen LogP contribution in [-0.4, -0.2) is 52.9 Å². The second-order valence-electron chi connectivity index (χ2n) is 7.39. The van der Waals surface area contributed by atoms with Crippen LogP contribution in [-0.2, 0) is 24.3 Å². The number of carbonyl (C=O) groups is 2. The van der Waals surface area contributed by atoms with E-state index in [0.717, 1.165) is 54.2 Å². The number of carbonyl (C=O) groups excluding carboxylic acids is 2. The van der Waals surface area contributed by atoms with E-state index in [-0.39, 0.29) is 11.8 Å². The SMILES string of the molecule is Cc1noc(C)c1CN1CCc2c(C(=O)NC3CCN(C)C3=O)csc2C1. The molecule has 0 aliphatic carbocycles. The first-order chi connectivity index (χ1) is 12.9. The number of hydrogen-bond acceptors (Lipinski definition) is 6. The van der Waals surface area contributed by atoms with Crippen molar-refractivity contribution < 1.29 is 14.1 Å². The van der Waals surface area contributed by atoms with Crippen molar-refractivity contribution in [3.63, 3.8) is 0 Å². The van der Waals surface area contributed by atoms with Gasteiger partial charge in [0.25, 0.3) is 5.91 Å². The lowest BCUT2D eigenvalue weighted by molar-refractivity contribution is -0.128. The number of likely N-dealkylation sites (N-methyl/N-ethyl adjacent to an activating group) is 1. The summed E-state index contributed by atoms with van der Waals surface area (Å²) in [6.07, 6.45) is 1.52. The summed E-state index contributed by atoms with van der Waals surface area (Å²) < 4.78 is 5.26. The molecule has 27 heavy (non-hydrogen) atoms. The van der Waals surface area contributed by atoms with Crippen LogP contribution >= 0.6 is 11.3 Å². The average Bonchev–Trinajstić information content (AvgIpc) is 3.30. The van der Waals surface area contributed by atoms with Gasteiger partial charge in [0, 0.05) is 49.0 Å². The van der Waals surface area contributed by atoms with E-state index in [1.54, 1.807) is 23.3 Å². The molecule has 0 bridgehead atoms. The summed E-state index contributed by atoms with van der Waals surface area (Å²) in [4.78, 5) is 30.0. The Hall–Kier alpha value is -2.19. The molecular formula is C19H24N4O3S. The van der Waals surface area contributed by atoms with E-state index < -0.39 is 6.04 Å². The van der Waals surface area contributed by atoms with E-state index in [1.165, 1.54) is 4.88 Å². The van der Waals surface area contributed by atoms with Crippen molar-refractivity contribution in [3.05, 3.63) is 38.4 Å². The molecule has 0 radical (unpaired) electrons. The molecular weight excluding hydrogens is 364 g/mol. The Morgan fingerprint density at radius 2 is 2.22 bits per heavy atom. The van der Waals surface area contributed by atoms with Gasteiger partial charge in [0.05, 0.1) is 11.3 Å². The molecule has 1 saturated heterocycles. The summed E-state index contributed by atoms with van der Waals surface area (Å²) in [6.45, 7) is 7.13. The van der Waals surface area contributed by atoms with Crippen LogP contribution in [0.15, 0.2) is 9.90 Å². The number of thiophene rings is 1. The Morgan fingerprint density at radius 3 is 2.89 bits per heavy atom. The molecule has 0 saturated carbocycles. The maximum atomic E-state index is 12.7. The molecule has 4 rings (SSSR count). The van der Waals surface area contributed by atoms with Crippen LogP contribution in [0.25, 0.3) is 0 Å². The number of nitrogens with zero attached hydrogens (tertiary/aromatic N) is 3. The smallest absolute Gasteiger partial charge is 0.253 e. The van der Waals surface area contributed by atoms with Gasteiger partial charge in [-0.2, -0.15) is 0 Å². The lowest BCUT2D eigenvalue weighted by atomic mass is 10.0. The predicted octanol–water partition coefficient (Wildman–Crippen LogP) is 1.87. The minimum atomic E-state index is -0.391. The molecule has 2 aliphatic heterocycles. The van der Waals surface area contributed by atoms with Crippen LogP contribution < -0.4 is 5.32 Å². The first-order valence-corrected chi connectivity index (χ1v) is 10.1. The minimum absolute atomic E-state index is 0.00177. The number of aromatic nitrogens is 1. The molecule has 144 valence electrons. The molecule has 7 nitrogen and oxygen atoms in total. The Balaban J connectivity index is 1.44. The number of amides is 2. The van der Waals surface area contributed by atoms with Crippen molar-refractivity contribution in [2.45, 2.75) is 45.8 Å². The van der Waals surface area contributed by atoms with Gasteiger partial charge in [0.1, 0.15) is 11.8 Å². The fraction of sp³-hybridized carbons (Fsp3) is 0.526. The average molecular weight is 388 g/mol. The number of nitrogens with one attached hydrogen (secondary N) is 1. The van der Waals surface area contributed by atoms with Gasteiger partial charge in [-0.25, -0.2) is 0 Å². The van der Waals surface area contributed by atoms with Crippen LogP contribution in [0.1, 0.15) is 44.2 Å². The molecule has 2 aromatic rings. The van der Waals surface area contributed by atoms with Crippen LogP contribution in [0.2, 0.25) is 0 Å². The standard InChI is InChI=1S/C19H24N4O3S/c1-11-14(12(2)26-21-11)8-23-7-4-13-15(10-27-17(13)9-23)18(24)20-16-5-6-22(3)19(16)25/h10,16H,4-9H2,1-3H3,(H,20,24). The molecule has 1 atom stereocenters. The van der Waals surface area contributed by atoms with Gasteiger partial charge >= 0.3 is 0 Å². The van der Waals surface area contributed by atoms with Crippen LogP contribution in [0.5, 0.6) is 0 Å². The second kappa shape index (κ2) is 7.09. The quantitative estimate of drug-likeness (QED) is 0.865. The van der Waals surface area contributed by atoms with Gasteiger partial charge in [-0.3, -0.25) is 14.5 Å². The molecule has 2 aliphatic rings. The highest BCUT2D eigenvalue weighted by Gasteiger charge is 2.32. The summed E-state index contributed by atoms with van der Waals surface area (Å²) >= 11 is 1.63. The highest BCUT2D eigenvalue weighted by molar-refractivity contribution is 7.10. The van der Waals surface area contributed by atoms with Crippen molar-refractivity contribution >= 4 is 23.2 Å². The van der Waals surface area contributed by atoms with Crippen molar-refractivity contribution in [1.29, 1.82) is 0 Å². The van der Waals surface area contributed by atoms with Gasteiger partial charge in [0.15, 0.2) is 0 Å². The van der Waals surface area contributed by atoms with Gasteiger partial charge in [0.2, 0.25) is 5.91 Å². The summed E-state index contributed by atoms with van der Waals surface area (Å²) in [7, 11) is 1.77. The maximum Gasteiger partial charge on any atom is 0.253 e. The Labute approximate surface area is 162 Å². The van der Waals surface area contributed by atoms with Crippen molar-refractivity contribution in [3.8, 4) is 0 Å². The third-order valence-electron chi connectivity index (χ3n) is 5.57. The normalized spacial score (nSPS) is 20.2. The molecule has 2 amide bonds. The van der Waals surface area contributed by atoms with Gasteiger partial charge in [-0.15, -0.1) is 11.3 Å². The fourth-order valence-corrected chi connectivity index (χ4v) is 4.97. The second-order valence-corrected chi connectivity index (χ2v) is 8.35. The topological polar surface area (TPSA) is 78.7 Å². The number of fused-ring (bicyclic) bond motifs is 1. The van der Waals surface area contributed by atoms with E-state index in [4.69, 9.17) is 4.52 Å². The van der Waals surface area contributed by atoms with Gasteiger partial charge in [-0.1, -0.05) is 5.16 Å². The zero-order valence-corrected chi connectivity index (χ0v) is 16.7. The molecule has 4 heterocycles. The Bertz CT molecular complexity index is 868. The highest BCUT2D eigenvalue weighted by Crippen LogP contribution is 2.30. The van der Waals surface area contributed by atoms with Crippen molar-refractivity contribution in [1.82, 2.24) is 20.3 Å². The first kappa shape index (κ1) is 18.2. The largest absolute Gasteiger partial charge is 0.361 e. The van der Waals surface area contributed by atoms with E-state index in [2.05, 4.69) is 15.4 Å². The number of rotatable bonds is 4. The summed E-state index contributed by atoms with van der Waals surface area (Å²) in [5.41, 5.74) is 3.95. The van der Waals surface area contributed by atoms with Gasteiger partial charge in [-0.05, 0) is 32.3 Å². The van der Waals surface area contributed by atoms with E-state index in [9.17, 15) is 9.59 Å². The lowest BCUT2D eigenvalue weighted by Crippen LogP contribution is -2.41. The third kappa shape index (κ3) is 3.39. The molecule has 0 aromatic carbocycles. The molecule has 0 spiro atoms. The first-order valence-electron chi connectivity index (χ1n) is 9.23. The maximum absolute atomic E-state index is 12.7. The van der Waals surface area contributed by atoms with Gasteiger partial charge < -0.3 is 14.7 Å². The molecule has 1 fully saturated rings. The molecule has 1 unspecified atom stereocenters. The predicted molar refractivity (Wildman–Crippen MR) is 102 cm³/mol. The Morgan fingerprint density at radius 1 is 1.41 bits per heavy atom. The zero-order valence-electron chi connectivity index (χ0n) is 15.9. The lowest BCUT2D eigenvalue weighted by Gasteiger charge is -2.27. The number of likely N-dealkylation sites (tertiary alicyclic amines) is 1. The summed E-state index contributed by atoms with van der Waals surface area (Å²) in [5.74, 6) is 0.745. The van der Waals surface area contributed by atoms with Crippen molar-refractivity contribution in [2.24, 2.45) is 0 Å². The Kier molecular flexibility index (Phi) is 4.77. The number of hydrogen-bond donors (Lipinski definition) is 1. The summed E-state index contributed by atoms with van der Waals surface area (Å²) in [6, 6.07) is -0.391. The summed E-state index contributed by atoms with van der Waals surface area (Å²) in [5, 5.41) is 8.88. The van der Waals surface area contributed by atoms with E-state index in [0.29, 0.717) is 13.0 Å². The highest BCUT2D eigenvalue weighted by atomic mass is 32.1. The van der Waals surface area contributed by atoms with Crippen molar-refractivity contribution in [2.75, 3.05) is 20.1 Å². The van der Waals surface area contributed by atoms with E-state index in [1.807, 2.05) is 19.2 Å². The molecule has 2 aromatic heterocycles. The van der Waals surface area contributed by atoms with E-state index >= 15 is 0 Å². The minimum Gasteiger partial charge on any atom is -0.361 e. The third-order valence-corrected chi connectivity index (χ3v) is 6.58. The number of aryl methyl sites for hydroxylation is 2. The molecule has 1 N–H and O–H groups in total. The van der Waals surface area contributed by atoms with Crippen LogP contribution in [0.3, 0.4) is 0 Å². The fourth-order valence-electron chi connectivity index (χ4n) is 3.85.